The lowest BCUT2D eigenvalue weighted by Gasteiger charge is -2.07. The van der Waals surface area contributed by atoms with Crippen LogP contribution in [0.25, 0.3) is 0 Å². The van der Waals surface area contributed by atoms with E-state index in [9.17, 15) is 4.79 Å². The second kappa shape index (κ2) is 7.60. The second-order valence-electron chi connectivity index (χ2n) is 4.16. The summed E-state index contributed by atoms with van der Waals surface area (Å²) < 4.78 is 10.3. The minimum absolute atomic E-state index is 0.269. The molecule has 0 unspecified atom stereocenters. The molecule has 0 N–H and O–H groups in total. The predicted molar refractivity (Wildman–Crippen MR) is 80.9 cm³/mol. The van der Waals surface area contributed by atoms with Gasteiger partial charge in [-0.05, 0) is 35.0 Å². The third kappa shape index (κ3) is 4.63. The zero-order valence-electron chi connectivity index (χ0n) is 11.2. The summed E-state index contributed by atoms with van der Waals surface area (Å²) in [7, 11) is 1.38. The quantitative estimate of drug-likeness (QED) is 0.770. The van der Waals surface area contributed by atoms with Crippen molar-refractivity contribution in [3.63, 3.8) is 0 Å². The lowest BCUT2D eigenvalue weighted by Crippen LogP contribution is -1.95. The van der Waals surface area contributed by atoms with Gasteiger partial charge in [0.2, 0.25) is 0 Å². The van der Waals surface area contributed by atoms with E-state index in [1.54, 1.807) is 0 Å². The van der Waals surface area contributed by atoms with E-state index < -0.39 is 0 Å². The van der Waals surface area contributed by atoms with Crippen LogP contribution in [-0.4, -0.2) is 12.4 Å². The van der Waals surface area contributed by atoms with Gasteiger partial charge in [-0.3, -0.25) is 0 Å². The summed E-state index contributed by atoms with van der Waals surface area (Å²) >= 11 is 1.14. The van der Waals surface area contributed by atoms with Gasteiger partial charge in [0.05, 0.1) is 7.11 Å². The molecule has 0 aliphatic carbocycles. The smallest absolute Gasteiger partial charge is 0.367 e. The highest BCUT2D eigenvalue weighted by Crippen LogP contribution is 2.18. The summed E-state index contributed by atoms with van der Waals surface area (Å²) in [5.41, 5.74) is 2.20. The Hall–Kier alpha value is -1.94. The Balaban J connectivity index is 1.84. The van der Waals surface area contributed by atoms with E-state index in [0.29, 0.717) is 12.4 Å². The van der Waals surface area contributed by atoms with Crippen LogP contribution in [-0.2, 0) is 17.1 Å². The highest BCUT2D eigenvalue weighted by molar-refractivity contribution is 8.12. The van der Waals surface area contributed by atoms with Crippen LogP contribution in [0.5, 0.6) is 5.75 Å². The summed E-state index contributed by atoms with van der Waals surface area (Å²) in [6.45, 7) is 0.553. The van der Waals surface area contributed by atoms with Crippen molar-refractivity contribution in [1.29, 1.82) is 0 Å². The standard InChI is InChI=1S/C16H16O3S/c1-18-16(17)20-12-14-7-9-15(10-8-14)19-11-13-5-3-2-4-6-13/h2-10H,11-12H2,1H3. The molecule has 0 atom stereocenters. The van der Waals surface area contributed by atoms with Crippen molar-refractivity contribution in [2.75, 3.05) is 7.11 Å². The monoisotopic (exact) mass is 288 g/mol. The first kappa shape index (κ1) is 14.5. The van der Waals surface area contributed by atoms with Crippen molar-refractivity contribution in [2.45, 2.75) is 12.4 Å². The molecule has 0 spiro atoms. The first-order valence-electron chi connectivity index (χ1n) is 6.24. The van der Waals surface area contributed by atoms with Gasteiger partial charge >= 0.3 is 5.30 Å². The van der Waals surface area contributed by atoms with E-state index in [-0.39, 0.29) is 5.30 Å². The fourth-order valence-electron chi connectivity index (χ4n) is 1.62. The average Bonchev–Trinajstić information content (AvgIpc) is 2.52. The number of thioether (sulfide) groups is 1. The Morgan fingerprint density at radius 2 is 1.70 bits per heavy atom. The lowest BCUT2D eigenvalue weighted by atomic mass is 10.2. The van der Waals surface area contributed by atoms with Gasteiger partial charge in [0.15, 0.2) is 0 Å². The summed E-state index contributed by atoms with van der Waals surface area (Å²) in [5, 5.41) is -0.269. The lowest BCUT2D eigenvalue weighted by molar-refractivity contribution is 0.200. The van der Waals surface area contributed by atoms with E-state index in [2.05, 4.69) is 4.74 Å². The van der Waals surface area contributed by atoms with E-state index in [1.807, 2.05) is 54.6 Å². The van der Waals surface area contributed by atoms with Crippen LogP contribution >= 0.6 is 11.8 Å². The molecule has 4 heteroatoms. The molecular weight excluding hydrogens is 272 g/mol. The fourth-order valence-corrected chi connectivity index (χ4v) is 2.22. The van der Waals surface area contributed by atoms with Gasteiger partial charge in [0.25, 0.3) is 0 Å². The van der Waals surface area contributed by atoms with Gasteiger partial charge in [-0.15, -0.1) is 0 Å². The number of hydrogen-bond donors (Lipinski definition) is 0. The zero-order chi connectivity index (χ0) is 14.2. The van der Waals surface area contributed by atoms with Gasteiger partial charge in [-0.1, -0.05) is 42.5 Å². The van der Waals surface area contributed by atoms with Crippen LogP contribution in [0.4, 0.5) is 4.79 Å². The third-order valence-corrected chi connectivity index (χ3v) is 3.58. The summed E-state index contributed by atoms with van der Waals surface area (Å²) in [6, 6.07) is 17.8. The number of ether oxygens (including phenoxy) is 2. The molecule has 0 amide bonds. The van der Waals surface area contributed by atoms with Crippen molar-refractivity contribution in [2.24, 2.45) is 0 Å². The molecule has 0 fully saturated rings. The van der Waals surface area contributed by atoms with E-state index in [4.69, 9.17) is 4.74 Å². The van der Waals surface area contributed by atoms with Crippen LogP contribution in [0, 0.1) is 0 Å². The van der Waals surface area contributed by atoms with Gasteiger partial charge < -0.3 is 9.47 Å². The highest BCUT2D eigenvalue weighted by Gasteiger charge is 2.02. The SMILES string of the molecule is COC(=O)SCc1ccc(OCc2ccccc2)cc1. The third-order valence-electron chi connectivity index (χ3n) is 2.70. The Labute approximate surface area is 122 Å². The van der Waals surface area contributed by atoms with Gasteiger partial charge in [0.1, 0.15) is 12.4 Å². The van der Waals surface area contributed by atoms with E-state index in [1.165, 1.54) is 7.11 Å². The fraction of sp³-hybridized carbons (Fsp3) is 0.188. The second-order valence-corrected chi connectivity index (χ2v) is 5.07. The van der Waals surface area contributed by atoms with Gasteiger partial charge in [-0.2, -0.15) is 0 Å². The molecule has 0 saturated carbocycles. The maximum Gasteiger partial charge on any atom is 0.367 e. The Kier molecular flexibility index (Phi) is 5.50. The van der Waals surface area contributed by atoms with Gasteiger partial charge in [-0.25, -0.2) is 4.79 Å². The molecule has 0 bridgehead atoms. The summed E-state index contributed by atoms with van der Waals surface area (Å²) in [5.74, 6) is 1.42. The largest absolute Gasteiger partial charge is 0.489 e. The normalized spacial score (nSPS) is 10.1. The molecule has 20 heavy (non-hydrogen) atoms. The number of carbonyl (C=O) groups is 1. The Bertz CT molecular complexity index is 537. The van der Waals surface area contributed by atoms with Crippen molar-refractivity contribution in [3.8, 4) is 5.75 Å². The maximum absolute atomic E-state index is 11.0. The van der Waals surface area contributed by atoms with Crippen molar-refractivity contribution < 1.29 is 14.3 Å². The number of benzene rings is 2. The van der Waals surface area contributed by atoms with Gasteiger partial charge in [0, 0.05) is 5.75 Å². The van der Waals surface area contributed by atoms with Crippen LogP contribution in [0.3, 0.4) is 0 Å². The number of carbonyl (C=O) groups excluding carboxylic acids is 1. The van der Waals surface area contributed by atoms with Crippen LogP contribution in [0.15, 0.2) is 54.6 Å². The summed E-state index contributed by atoms with van der Waals surface area (Å²) in [6.07, 6.45) is 0. The minimum Gasteiger partial charge on any atom is -0.489 e. The van der Waals surface area contributed by atoms with Crippen molar-refractivity contribution in [3.05, 3.63) is 65.7 Å². The maximum atomic E-state index is 11.0. The molecule has 0 radical (unpaired) electrons. The molecule has 0 aliphatic heterocycles. The minimum atomic E-state index is -0.269. The van der Waals surface area contributed by atoms with Crippen molar-refractivity contribution in [1.82, 2.24) is 0 Å². The Morgan fingerprint density at radius 1 is 1.00 bits per heavy atom. The Morgan fingerprint density at radius 3 is 2.35 bits per heavy atom. The molecule has 2 aromatic carbocycles. The molecule has 0 saturated heterocycles. The van der Waals surface area contributed by atoms with Crippen LogP contribution in [0.1, 0.15) is 11.1 Å². The first-order chi connectivity index (χ1) is 9.78. The molecule has 2 rings (SSSR count). The van der Waals surface area contributed by atoms with Crippen LogP contribution < -0.4 is 4.74 Å². The first-order valence-corrected chi connectivity index (χ1v) is 7.23. The molecule has 2 aromatic rings. The predicted octanol–water partition coefficient (Wildman–Crippen LogP) is 4.27. The highest BCUT2D eigenvalue weighted by atomic mass is 32.2. The molecule has 3 nitrogen and oxygen atoms in total. The van der Waals surface area contributed by atoms with E-state index >= 15 is 0 Å². The average molecular weight is 288 g/mol. The molecular formula is C16H16O3S. The molecule has 0 aliphatic rings. The topological polar surface area (TPSA) is 35.5 Å². The van der Waals surface area contributed by atoms with Crippen molar-refractivity contribution >= 4 is 17.1 Å². The molecule has 104 valence electrons. The molecule has 0 heterocycles. The van der Waals surface area contributed by atoms with Crippen LogP contribution in [0.2, 0.25) is 0 Å². The number of methoxy groups -OCH3 is 1. The van der Waals surface area contributed by atoms with E-state index in [0.717, 1.165) is 28.6 Å². The zero-order valence-corrected chi connectivity index (χ0v) is 12.1. The summed E-state index contributed by atoms with van der Waals surface area (Å²) in [4.78, 5) is 11.0. The number of rotatable bonds is 5. The molecule has 0 aromatic heterocycles. The number of hydrogen-bond acceptors (Lipinski definition) is 4.